The molecule has 0 amide bonds. The third-order valence-electron chi connectivity index (χ3n) is 3.90. The van der Waals surface area contributed by atoms with Crippen LogP contribution in [0.25, 0.3) is 0 Å². The first kappa shape index (κ1) is 13.1. The first-order chi connectivity index (χ1) is 8.69. The lowest BCUT2D eigenvalue weighted by atomic mass is 10.0. The minimum absolute atomic E-state index is 0.245. The van der Waals surface area contributed by atoms with Gasteiger partial charge in [0.2, 0.25) is 0 Å². The molecular weight excluding hydrogens is 224 g/mol. The Morgan fingerprint density at radius 3 is 2.89 bits per heavy atom. The van der Waals surface area contributed by atoms with Crippen LogP contribution in [0.4, 0.5) is 0 Å². The van der Waals surface area contributed by atoms with Gasteiger partial charge in [0.15, 0.2) is 0 Å². The zero-order valence-electron chi connectivity index (χ0n) is 10.8. The van der Waals surface area contributed by atoms with Crippen LogP contribution in [0.2, 0.25) is 0 Å². The Morgan fingerprint density at radius 1 is 1.50 bits per heavy atom. The van der Waals surface area contributed by atoms with Gasteiger partial charge in [0, 0.05) is 19.2 Å². The predicted molar refractivity (Wildman–Crippen MR) is 70.9 cm³/mol. The van der Waals surface area contributed by atoms with E-state index in [1.165, 1.54) is 12.8 Å². The monoisotopic (exact) mass is 244 g/mol. The summed E-state index contributed by atoms with van der Waals surface area (Å²) in [5, 5.41) is 21.4. The van der Waals surface area contributed by atoms with Gasteiger partial charge in [-0.15, -0.1) is 0 Å². The largest absolute Gasteiger partial charge is 0.396 e. The van der Waals surface area contributed by atoms with Crippen LogP contribution in [-0.2, 0) is 0 Å². The maximum Gasteiger partial charge on any atom is 0.0991 e. The van der Waals surface area contributed by atoms with E-state index < -0.39 is 0 Å². The quantitative estimate of drug-likeness (QED) is 0.807. The molecule has 0 aromatic heterocycles. The SMILES string of the molecule is CC(NCC1(CCO)CC1)c1cccc(C#N)c1. The Morgan fingerprint density at radius 2 is 2.28 bits per heavy atom. The highest BCUT2D eigenvalue weighted by atomic mass is 16.3. The molecule has 0 spiro atoms. The zero-order chi connectivity index (χ0) is 13.0. The van der Waals surface area contributed by atoms with Crippen LogP contribution in [0.5, 0.6) is 0 Å². The molecule has 0 radical (unpaired) electrons. The first-order valence-electron chi connectivity index (χ1n) is 6.53. The lowest BCUT2D eigenvalue weighted by molar-refractivity contribution is 0.243. The molecule has 1 fully saturated rings. The Labute approximate surface area is 108 Å². The minimum Gasteiger partial charge on any atom is -0.396 e. The van der Waals surface area contributed by atoms with Gasteiger partial charge < -0.3 is 10.4 Å². The highest BCUT2D eigenvalue weighted by molar-refractivity contribution is 5.34. The first-order valence-corrected chi connectivity index (χ1v) is 6.53. The molecule has 1 aliphatic carbocycles. The molecule has 1 aromatic carbocycles. The normalized spacial score (nSPS) is 18.1. The van der Waals surface area contributed by atoms with E-state index >= 15 is 0 Å². The topological polar surface area (TPSA) is 56.0 Å². The molecule has 1 aromatic rings. The molecule has 18 heavy (non-hydrogen) atoms. The van der Waals surface area contributed by atoms with Crippen LogP contribution < -0.4 is 5.32 Å². The van der Waals surface area contributed by atoms with E-state index in [2.05, 4.69) is 18.3 Å². The fraction of sp³-hybridized carbons (Fsp3) is 0.533. The second-order valence-electron chi connectivity index (χ2n) is 5.31. The van der Waals surface area contributed by atoms with Gasteiger partial charge >= 0.3 is 0 Å². The summed E-state index contributed by atoms with van der Waals surface area (Å²) in [5.74, 6) is 0. The molecule has 96 valence electrons. The highest BCUT2D eigenvalue weighted by Crippen LogP contribution is 2.48. The van der Waals surface area contributed by atoms with Crippen molar-refractivity contribution in [3.05, 3.63) is 35.4 Å². The summed E-state index contributed by atoms with van der Waals surface area (Å²) in [4.78, 5) is 0. The molecule has 0 bridgehead atoms. The average Bonchev–Trinajstić information content (AvgIpc) is 3.17. The summed E-state index contributed by atoms with van der Waals surface area (Å²) in [6.07, 6.45) is 3.32. The van der Waals surface area contributed by atoms with Crippen molar-refractivity contribution in [1.82, 2.24) is 5.32 Å². The highest BCUT2D eigenvalue weighted by Gasteiger charge is 2.41. The van der Waals surface area contributed by atoms with Crippen molar-refractivity contribution in [2.75, 3.05) is 13.2 Å². The standard InChI is InChI=1S/C15H20N2O/c1-12(14-4-2-3-13(9-14)10-16)17-11-15(5-6-15)7-8-18/h2-4,9,12,17-18H,5-8,11H2,1H3. The van der Waals surface area contributed by atoms with Gasteiger partial charge in [-0.3, -0.25) is 0 Å². The molecule has 1 saturated carbocycles. The number of aliphatic hydroxyl groups is 1. The molecule has 1 unspecified atom stereocenters. The van der Waals surface area contributed by atoms with Crippen molar-refractivity contribution < 1.29 is 5.11 Å². The van der Waals surface area contributed by atoms with Crippen molar-refractivity contribution in [2.45, 2.75) is 32.2 Å². The molecule has 0 saturated heterocycles. The average molecular weight is 244 g/mol. The van der Waals surface area contributed by atoms with Crippen molar-refractivity contribution >= 4 is 0 Å². The number of hydrogen-bond acceptors (Lipinski definition) is 3. The van der Waals surface area contributed by atoms with Gasteiger partial charge in [0.05, 0.1) is 11.6 Å². The van der Waals surface area contributed by atoms with Crippen molar-refractivity contribution in [1.29, 1.82) is 5.26 Å². The Kier molecular flexibility index (Phi) is 4.00. The van der Waals surface area contributed by atoms with Crippen LogP contribution in [-0.4, -0.2) is 18.3 Å². The molecule has 2 rings (SSSR count). The van der Waals surface area contributed by atoms with Crippen LogP contribution in [0.1, 0.15) is 43.4 Å². The third kappa shape index (κ3) is 3.10. The smallest absolute Gasteiger partial charge is 0.0991 e. The van der Waals surface area contributed by atoms with Crippen LogP contribution >= 0.6 is 0 Å². The van der Waals surface area contributed by atoms with Gasteiger partial charge in [-0.2, -0.15) is 5.26 Å². The summed E-state index contributed by atoms with van der Waals surface area (Å²) in [5.41, 5.74) is 2.18. The molecule has 1 aliphatic rings. The molecule has 0 aliphatic heterocycles. The van der Waals surface area contributed by atoms with E-state index in [0.29, 0.717) is 11.0 Å². The summed E-state index contributed by atoms with van der Waals surface area (Å²) < 4.78 is 0. The summed E-state index contributed by atoms with van der Waals surface area (Å²) in [6.45, 7) is 3.34. The number of nitriles is 1. The van der Waals surface area contributed by atoms with Crippen molar-refractivity contribution in [3.8, 4) is 6.07 Å². The summed E-state index contributed by atoms with van der Waals surface area (Å²) in [7, 11) is 0. The molecular formula is C15H20N2O. The molecule has 0 heterocycles. The lowest BCUT2D eigenvalue weighted by Gasteiger charge is -2.19. The number of benzene rings is 1. The summed E-state index contributed by atoms with van der Waals surface area (Å²) >= 11 is 0. The van der Waals surface area contributed by atoms with E-state index in [-0.39, 0.29) is 12.6 Å². The van der Waals surface area contributed by atoms with E-state index in [1.807, 2.05) is 24.3 Å². The Hall–Kier alpha value is -1.37. The van der Waals surface area contributed by atoms with Crippen molar-refractivity contribution in [2.24, 2.45) is 5.41 Å². The third-order valence-corrected chi connectivity index (χ3v) is 3.90. The number of hydrogen-bond donors (Lipinski definition) is 2. The van der Waals surface area contributed by atoms with Crippen LogP contribution in [0, 0.1) is 16.7 Å². The van der Waals surface area contributed by atoms with E-state index in [1.54, 1.807) is 0 Å². The fourth-order valence-corrected chi connectivity index (χ4v) is 2.29. The van der Waals surface area contributed by atoms with E-state index in [4.69, 9.17) is 10.4 Å². The van der Waals surface area contributed by atoms with Gasteiger partial charge in [-0.25, -0.2) is 0 Å². The van der Waals surface area contributed by atoms with Gasteiger partial charge in [-0.1, -0.05) is 12.1 Å². The Bertz CT molecular complexity index is 446. The zero-order valence-corrected chi connectivity index (χ0v) is 10.8. The fourth-order valence-electron chi connectivity index (χ4n) is 2.29. The molecule has 3 nitrogen and oxygen atoms in total. The number of nitrogens with one attached hydrogen (secondary N) is 1. The summed E-state index contributed by atoms with van der Waals surface area (Å²) in [6, 6.07) is 10.1. The number of nitrogens with zero attached hydrogens (tertiary/aromatic N) is 1. The number of rotatable bonds is 6. The lowest BCUT2D eigenvalue weighted by Crippen LogP contribution is -2.27. The second kappa shape index (κ2) is 5.51. The maximum atomic E-state index is 9.03. The number of aliphatic hydroxyl groups excluding tert-OH is 1. The van der Waals surface area contributed by atoms with E-state index in [0.717, 1.165) is 18.5 Å². The van der Waals surface area contributed by atoms with Gasteiger partial charge in [0.25, 0.3) is 0 Å². The molecule has 2 N–H and O–H groups in total. The molecule has 1 atom stereocenters. The predicted octanol–water partition coefficient (Wildman–Crippen LogP) is 2.37. The Balaban J connectivity index is 1.91. The van der Waals surface area contributed by atoms with Gasteiger partial charge in [-0.05, 0) is 49.3 Å². The molecule has 3 heteroatoms. The minimum atomic E-state index is 0.245. The van der Waals surface area contributed by atoms with Crippen LogP contribution in [0.15, 0.2) is 24.3 Å². The maximum absolute atomic E-state index is 9.03. The van der Waals surface area contributed by atoms with E-state index in [9.17, 15) is 0 Å². The van der Waals surface area contributed by atoms with Crippen LogP contribution in [0.3, 0.4) is 0 Å². The van der Waals surface area contributed by atoms with Crippen molar-refractivity contribution in [3.63, 3.8) is 0 Å². The van der Waals surface area contributed by atoms with Gasteiger partial charge in [0.1, 0.15) is 0 Å². The second-order valence-corrected chi connectivity index (χ2v) is 5.31.